The predicted octanol–water partition coefficient (Wildman–Crippen LogP) is 1.51. The Labute approximate surface area is 117 Å². The van der Waals surface area contributed by atoms with Gasteiger partial charge in [0.15, 0.2) is 5.82 Å². The number of halogens is 1. The molecular weight excluding hydrogens is 268 g/mol. The van der Waals surface area contributed by atoms with Gasteiger partial charge in [0.25, 0.3) is 0 Å². The van der Waals surface area contributed by atoms with Crippen molar-refractivity contribution in [1.82, 2.24) is 9.97 Å². The third-order valence-electron chi connectivity index (χ3n) is 3.30. The number of ether oxygens (including phenoxy) is 1. The largest absolute Gasteiger partial charge is 0.385 e. The Bertz CT molecular complexity index is 446. The first-order valence-corrected chi connectivity index (χ1v) is 6.77. The molecule has 0 aliphatic carbocycles. The van der Waals surface area contributed by atoms with Gasteiger partial charge < -0.3 is 20.5 Å². The van der Waals surface area contributed by atoms with Crippen LogP contribution < -0.4 is 10.6 Å². The van der Waals surface area contributed by atoms with Crippen LogP contribution in [0.5, 0.6) is 0 Å². The normalized spacial score (nSPS) is 26.4. The van der Waals surface area contributed by atoms with Crippen LogP contribution in [0.2, 0.25) is 5.02 Å². The van der Waals surface area contributed by atoms with Crippen LogP contribution in [0.1, 0.15) is 20.3 Å². The van der Waals surface area contributed by atoms with Gasteiger partial charge in [-0.3, -0.25) is 0 Å². The average Bonchev–Trinajstić information content (AvgIpc) is 2.71. The molecule has 0 amide bonds. The standard InChI is InChI=1S/C12H19ClN4O2/c1-3-14-11-15-6-9(13)10(17-11)16-7-12(18)4-5-19-8(12)2/h6,8,18H,3-5,7H2,1-2H3,(H2,14,15,16,17). The molecule has 1 aliphatic rings. The van der Waals surface area contributed by atoms with Crippen molar-refractivity contribution in [3.05, 3.63) is 11.2 Å². The Morgan fingerprint density at radius 2 is 2.37 bits per heavy atom. The van der Waals surface area contributed by atoms with Crippen molar-refractivity contribution in [2.24, 2.45) is 0 Å². The minimum Gasteiger partial charge on any atom is -0.385 e. The topological polar surface area (TPSA) is 79.3 Å². The minimum absolute atomic E-state index is 0.200. The molecule has 7 heteroatoms. The number of nitrogens with zero attached hydrogens (tertiary/aromatic N) is 2. The molecule has 0 bridgehead atoms. The van der Waals surface area contributed by atoms with Gasteiger partial charge in [0, 0.05) is 26.1 Å². The van der Waals surface area contributed by atoms with Crippen LogP contribution in [0, 0.1) is 0 Å². The summed E-state index contributed by atoms with van der Waals surface area (Å²) in [6.07, 6.45) is 1.94. The Morgan fingerprint density at radius 3 is 3.00 bits per heavy atom. The van der Waals surface area contributed by atoms with E-state index >= 15 is 0 Å². The van der Waals surface area contributed by atoms with Crippen molar-refractivity contribution in [1.29, 1.82) is 0 Å². The van der Waals surface area contributed by atoms with E-state index in [0.29, 0.717) is 36.4 Å². The van der Waals surface area contributed by atoms with Gasteiger partial charge in [-0.2, -0.15) is 4.98 Å². The molecule has 1 aliphatic heterocycles. The predicted molar refractivity (Wildman–Crippen MR) is 74.7 cm³/mol. The molecule has 0 saturated carbocycles. The summed E-state index contributed by atoms with van der Waals surface area (Å²) in [5.74, 6) is 1.03. The molecular formula is C12H19ClN4O2. The number of hydrogen-bond acceptors (Lipinski definition) is 6. The third-order valence-corrected chi connectivity index (χ3v) is 3.58. The molecule has 6 nitrogen and oxygen atoms in total. The Hall–Kier alpha value is -1.11. The SMILES string of the molecule is CCNc1ncc(Cl)c(NCC2(O)CCOC2C)n1. The van der Waals surface area contributed by atoms with Gasteiger partial charge in [-0.05, 0) is 13.8 Å². The molecule has 2 unspecified atom stereocenters. The zero-order valence-corrected chi connectivity index (χ0v) is 11.9. The van der Waals surface area contributed by atoms with Gasteiger partial charge in [-0.15, -0.1) is 0 Å². The summed E-state index contributed by atoms with van der Waals surface area (Å²) in [5, 5.41) is 16.9. The van der Waals surface area contributed by atoms with Crippen molar-refractivity contribution in [3.8, 4) is 0 Å². The van der Waals surface area contributed by atoms with Crippen LogP contribution in [-0.2, 0) is 4.74 Å². The molecule has 0 spiro atoms. The quantitative estimate of drug-likeness (QED) is 0.761. The second-order valence-electron chi connectivity index (χ2n) is 4.64. The van der Waals surface area contributed by atoms with Gasteiger partial charge in [-0.1, -0.05) is 11.6 Å². The van der Waals surface area contributed by atoms with E-state index in [1.165, 1.54) is 6.20 Å². The summed E-state index contributed by atoms with van der Waals surface area (Å²) in [6, 6.07) is 0. The highest BCUT2D eigenvalue weighted by atomic mass is 35.5. The first kappa shape index (κ1) is 14.3. The fourth-order valence-corrected chi connectivity index (χ4v) is 2.13. The second kappa shape index (κ2) is 5.90. The zero-order chi connectivity index (χ0) is 13.9. The number of nitrogens with one attached hydrogen (secondary N) is 2. The highest BCUT2D eigenvalue weighted by Crippen LogP contribution is 2.27. The minimum atomic E-state index is -0.882. The van der Waals surface area contributed by atoms with Crippen molar-refractivity contribution in [3.63, 3.8) is 0 Å². The van der Waals surface area contributed by atoms with E-state index in [0.717, 1.165) is 6.54 Å². The summed E-state index contributed by atoms with van der Waals surface area (Å²) in [7, 11) is 0. The molecule has 0 radical (unpaired) electrons. The number of hydrogen-bond donors (Lipinski definition) is 3. The lowest BCUT2D eigenvalue weighted by atomic mass is 9.97. The van der Waals surface area contributed by atoms with Crippen LogP contribution in [-0.4, -0.2) is 46.5 Å². The number of aromatic nitrogens is 2. The molecule has 1 saturated heterocycles. The molecule has 1 fully saturated rings. The van der Waals surface area contributed by atoms with Gasteiger partial charge in [0.1, 0.15) is 10.6 Å². The maximum absolute atomic E-state index is 10.4. The first-order valence-electron chi connectivity index (χ1n) is 6.39. The van der Waals surface area contributed by atoms with Crippen LogP contribution in [0.3, 0.4) is 0 Å². The summed E-state index contributed by atoms with van der Waals surface area (Å²) in [4.78, 5) is 8.32. The lowest BCUT2D eigenvalue weighted by molar-refractivity contribution is -0.0176. The van der Waals surface area contributed by atoms with E-state index in [4.69, 9.17) is 16.3 Å². The molecule has 19 heavy (non-hydrogen) atoms. The monoisotopic (exact) mass is 286 g/mol. The average molecular weight is 287 g/mol. The summed E-state index contributed by atoms with van der Waals surface area (Å²) < 4.78 is 5.38. The van der Waals surface area contributed by atoms with Crippen molar-refractivity contribution in [2.75, 3.05) is 30.3 Å². The maximum Gasteiger partial charge on any atom is 0.224 e. The summed E-state index contributed by atoms with van der Waals surface area (Å²) in [5.41, 5.74) is -0.882. The van der Waals surface area contributed by atoms with E-state index in [-0.39, 0.29) is 6.10 Å². The van der Waals surface area contributed by atoms with Crippen molar-refractivity contribution >= 4 is 23.4 Å². The summed E-state index contributed by atoms with van der Waals surface area (Å²) in [6.45, 7) is 5.47. The van der Waals surface area contributed by atoms with Crippen molar-refractivity contribution < 1.29 is 9.84 Å². The Morgan fingerprint density at radius 1 is 1.58 bits per heavy atom. The zero-order valence-electron chi connectivity index (χ0n) is 11.1. The van der Waals surface area contributed by atoms with Crippen molar-refractivity contribution in [2.45, 2.75) is 32.0 Å². The lowest BCUT2D eigenvalue weighted by Crippen LogP contribution is -2.43. The lowest BCUT2D eigenvalue weighted by Gasteiger charge is -2.26. The second-order valence-corrected chi connectivity index (χ2v) is 5.05. The number of anilines is 2. The number of rotatable bonds is 5. The van der Waals surface area contributed by atoms with Gasteiger partial charge in [0.05, 0.1) is 12.3 Å². The Kier molecular flexibility index (Phi) is 4.44. The highest BCUT2D eigenvalue weighted by Gasteiger charge is 2.39. The molecule has 1 aromatic rings. The van der Waals surface area contributed by atoms with Gasteiger partial charge in [0.2, 0.25) is 5.95 Å². The van der Waals surface area contributed by atoms with E-state index in [2.05, 4.69) is 20.6 Å². The molecule has 3 N–H and O–H groups in total. The van der Waals surface area contributed by atoms with Crippen LogP contribution in [0.25, 0.3) is 0 Å². The fourth-order valence-electron chi connectivity index (χ4n) is 1.97. The van der Waals surface area contributed by atoms with E-state index < -0.39 is 5.60 Å². The highest BCUT2D eigenvalue weighted by molar-refractivity contribution is 6.32. The smallest absolute Gasteiger partial charge is 0.224 e. The molecule has 106 valence electrons. The van der Waals surface area contributed by atoms with Crippen LogP contribution in [0.4, 0.5) is 11.8 Å². The Balaban J connectivity index is 2.04. The summed E-state index contributed by atoms with van der Waals surface area (Å²) >= 11 is 6.04. The molecule has 0 aromatic carbocycles. The fraction of sp³-hybridized carbons (Fsp3) is 0.667. The van der Waals surface area contributed by atoms with Crippen LogP contribution in [0.15, 0.2) is 6.20 Å². The van der Waals surface area contributed by atoms with Crippen LogP contribution >= 0.6 is 11.6 Å². The van der Waals surface area contributed by atoms with Gasteiger partial charge in [-0.25, -0.2) is 4.98 Å². The maximum atomic E-state index is 10.4. The van der Waals surface area contributed by atoms with Gasteiger partial charge >= 0.3 is 0 Å². The molecule has 1 aromatic heterocycles. The van der Waals surface area contributed by atoms with E-state index in [1.807, 2.05) is 13.8 Å². The van der Waals surface area contributed by atoms with E-state index in [9.17, 15) is 5.11 Å². The number of aliphatic hydroxyl groups is 1. The third kappa shape index (κ3) is 3.26. The first-order chi connectivity index (χ1) is 9.05. The molecule has 2 rings (SSSR count). The molecule has 2 heterocycles. The molecule has 2 atom stereocenters. The van der Waals surface area contributed by atoms with E-state index in [1.54, 1.807) is 0 Å².